The summed E-state index contributed by atoms with van der Waals surface area (Å²) in [6.07, 6.45) is 14.4. The maximum atomic E-state index is 12.8. The fraction of sp³-hybridized carbons (Fsp3) is 0.717. The van der Waals surface area contributed by atoms with Crippen molar-refractivity contribution in [1.29, 1.82) is 0 Å². The second-order valence-corrected chi connectivity index (χ2v) is 19.0. The van der Waals surface area contributed by atoms with E-state index in [0.29, 0.717) is 47.3 Å². The lowest BCUT2D eigenvalue weighted by Crippen LogP contribution is -2.59. The van der Waals surface area contributed by atoms with Crippen molar-refractivity contribution in [3.63, 3.8) is 0 Å². The molecule has 0 radical (unpaired) electrons. The molecule has 0 spiro atoms. The number of benzene rings is 1. The van der Waals surface area contributed by atoms with Gasteiger partial charge in [0.1, 0.15) is 12.2 Å². The molecule has 1 unspecified atom stereocenters. The lowest BCUT2D eigenvalue weighted by Gasteiger charge is -2.62. The van der Waals surface area contributed by atoms with Gasteiger partial charge in [0.05, 0.1) is 11.6 Å². The fourth-order valence-corrected chi connectivity index (χ4v) is 14.0. The first-order valence-corrected chi connectivity index (χ1v) is 21.2. The van der Waals surface area contributed by atoms with Crippen molar-refractivity contribution >= 4 is 22.8 Å². The third-order valence-corrected chi connectivity index (χ3v) is 16.6. The number of aliphatic hydroxyl groups excluding tert-OH is 1. The van der Waals surface area contributed by atoms with E-state index in [0.717, 1.165) is 80.2 Å². The molecule has 4 heterocycles. The Balaban J connectivity index is 1.01. The van der Waals surface area contributed by atoms with Crippen LogP contribution in [0.2, 0.25) is 0 Å². The van der Waals surface area contributed by atoms with Gasteiger partial charge >= 0.3 is 11.9 Å². The van der Waals surface area contributed by atoms with Gasteiger partial charge in [-0.05, 0) is 154 Å². The van der Waals surface area contributed by atoms with Gasteiger partial charge in [0.25, 0.3) is 0 Å². The van der Waals surface area contributed by atoms with Gasteiger partial charge in [-0.1, -0.05) is 45.0 Å². The molecule has 7 heteroatoms. The van der Waals surface area contributed by atoms with E-state index in [-0.39, 0.29) is 41.0 Å². The number of esters is 2. The smallest absolute Gasteiger partial charge is 0.302 e. The lowest BCUT2D eigenvalue weighted by molar-refractivity contribution is -0.197. The first-order valence-electron chi connectivity index (χ1n) is 21.2. The first kappa shape index (κ1) is 37.2. The molecular formula is C46H64N2O5. The third kappa shape index (κ3) is 6.48. The zero-order valence-corrected chi connectivity index (χ0v) is 33.0. The molecule has 0 amide bonds. The summed E-state index contributed by atoms with van der Waals surface area (Å²) in [4.78, 5) is 32.3. The Morgan fingerprint density at radius 2 is 1.81 bits per heavy atom. The predicted octanol–water partition coefficient (Wildman–Crippen LogP) is 8.87. The van der Waals surface area contributed by atoms with Crippen LogP contribution in [-0.2, 0) is 25.5 Å². The van der Waals surface area contributed by atoms with E-state index in [1.54, 1.807) is 6.92 Å². The molecule has 9 rings (SSSR count). The molecule has 7 aliphatic rings. The number of ether oxygens (including phenoxy) is 2. The van der Waals surface area contributed by atoms with E-state index >= 15 is 0 Å². The zero-order chi connectivity index (χ0) is 37.2. The highest BCUT2D eigenvalue weighted by Gasteiger charge is 2.65. The summed E-state index contributed by atoms with van der Waals surface area (Å²) >= 11 is 0. The average molecular weight is 725 g/mol. The maximum absolute atomic E-state index is 12.8. The molecular weight excluding hydrogens is 661 g/mol. The normalized spacial score (nSPS) is 41.4. The van der Waals surface area contributed by atoms with Crippen LogP contribution in [0.3, 0.4) is 0 Å². The number of para-hydroxylation sites is 1. The molecule has 53 heavy (non-hydrogen) atoms. The number of pyridine rings is 1. The van der Waals surface area contributed by atoms with Crippen LogP contribution in [-0.4, -0.2) is 58.3 Å². The number of hydrogen-bond acceptors (Lipinski definition) is 7. The Kier molecular flexibility index (Phi) is 10.1. The average Bonchev–Trinajstić information content (AvgIpc) is 3.51. The van der Waals surface area contributed by atoms with Gasteiger partial charge in [-0.15, -0.1) is 6.58 Å². The van der Waals surface area contributed by atoms with Crippen LogP contribution in [0.25, 0.3) is 10.9 Å². The molecule has 3 aliphatic heterocycles. The molecule has 7 fully saturated rings. The van der Waals surface area contributed by atoms with Crippen LogP contribution in [0.4, 0.5) is 0 Å². The number of aromatic nitrogens is 1. The van der Waals surface area contributed by atoms with Crippen molar-refractivity contribution in [2.45, 2.75) is 136 Å². The minimum Gasteiger partial charge on any atom is -0.463 e. The van der Waals surface area contributed by atoms with E-state index in [1.165, 1.54) is 39.0 Å². The number of aryl methyl sites for hydroxylation is 1. The molecule has 3 saturated heterocycles. The van der Waals surface area contributed by atoms with Gasteiger partial charge in [-0.2, -0.15) is 0 Å². The molecule has 4 aliphatic carbocycles. The third-order valence-electron chi connectivity index (χ3n) is 16.6. The molecule has 1 N–H and O–H groups in total. The van der Waals surface area contributed by atoms with E-state index in [2.05, 4.69) is 68.7 Å². The number of aliphatic hydroxyl groups is 1. The number of piperidine rings is 3. The topological polar surface area (TPSA) is 89.0 Å². The summed E-state index contributed by atoms with van der Waals surface area (Å²) in [6, 6.07) is 10.7. The highest BCUT2D eigenvalue weighted by atomic mass is 16.5. The second-order valence-electron chi connectivity index (χ2n) is 19.0. The predicted molar refractivity (Wildman–Crippen MR) is 208 cm³/mol. The van der Waals surface area contributed by atoms with Crippen molar-refractivity contribution in [2.24, 2.45) is 58.2 Å². The van der Waals surface area contributed by atoms with Crippen LogP contribution in [0.15, 0.2) is 43.0 Å². The highest BCUT2D eigenvalue weighted by molar-refractivity contribution is 5.82. The maximum Gasteiger partial charge on any atom is 0.302 e. The number of carbonyl (C=O) groups is 2. The molecule has 2 aromatic rings. The zero-order valence-electron chi connectivity index (χ0n) is 33.0. The van der Waals surface area contributed by atoms with Crippen LogP contribution in [0.5, 0.6) is 0 Å². The van der Waals surface area contributed by atoms with E-state index in [9.17, 15) is 14.7 Å². The van der Waals surface area contributed by atoms with E-state index in [1.807, 2.05) is 0 Å². The summed E-state index contributed by atoms with van der Waals surface area (Å²) in [7, 11) is 0. The van der Waals surface area contributed by atoms with Gasteiger partial charge in [0.2, 0.25) is 0 Å². The van der Waals surface area contributed by atoms with Crippen molar-refractivity contribution < 1.29 is 24.2 Å². The summed E-state index contributed by atoms with van der Waals surface area (Å²) in [6.45, 7) is 16.7. The summed E-state index contributed by atoms with van der Waals surface area (Å²) in [5.41, 5.74) is 3.20. The monoisotopic (exact) mass is 724 g/mol. The van der Waals surface area contributed by atoms with E-state index in [4.69, 9.17) is 14.5 Å². The van der Waals surface area contributed by atoms with Crippen LogP contribution >= 0.6 is 0 Å². The van der Waals surface area contributed by atoms with Gasteiger partial charge < -0.3 is 14.6 Å². The van der Waals surface area contributed by atoms with Crippen LogP contribution in [0.1, 0.15) is 123 Å². The highest BCUT2D eigenvalue weighted by Crippen LogP contribution is 2.69. The minimum absolute atomic E-state index is 0.0404. The molecule has 2 bridgehead atoms. The number of nitrogens with zero attached hydrogens (tertiary/aromatic N) is 2. The number of carbonyl (C=O) groups excluding carboxylic acids is 2. The Morgan fingerprint density at radius 3 is 2.55 bits per heavy atom. The Hall–Kier alpha value is -2.77. The molecule has 1 aromatic carbocycles. The first-order chi connectivity index (χ1) is 25.4. The Labute approximate surface area is 317 Å². The van der Waals surface area contributed by atoms with Crippen molar-refractivity contribution in [3.05, 3.63) is 54.2 Å². The van der Waals surface area contributed by atoms with Gasteiger partial charge in [-0.3, -0.25) is 19.5 Å². The van der Waals surface area contributed by atoms with Crippen molar-refractivity contribution in [3.8, 4) is 0 Å². The van der Waals surface area contributed by atoms with Gasteiger partial charge in [0.15, 0.2) is 0 Å². The second kappa shape index (κ2) is 14.4. The lowest BCUT2D eigenvalue weighted by atomic mass is 9.43. The molecule has 288 valence electrons. The van der Waals surface area contributed by atoms with Crippen LogP contribution < -0.4 is 0 Å². The molecule has 15 atom stereocenters. The fourth-order valence-electron chi connectivity index (χ4n) is 14.0. The molecule has 7 nitrogen and oxygen atoms in total. The minimum atomic E-state index is -0.546. The Morgan fingerprint density at radius 1 is 1.02 bits per heavy atom. The summed E-state index contributed by atoms with van der Waals surface area (Å²) < 4.78 is 12.2. The number of hydrogen-bond donors (Lipinski definition) is 1. The molecule has 4 saturated carbocycles. The van der Waals surface area contributed by atoms with Crippen molar-refractivity contribution in [2.75, 3.05) is 13.1 Å². The number of rotatable bonds is 9. The van der Waals surface area contributed by atoms with Crippen molar-refractivity contribution in [1.82, 2.24) is 9.88 Å². The number of fused-ring (bicyclic) bond motifs is 9. The van der Waals surface area contributed by atoms with E-state index < -0.39 is 6.10 Å². The van der Waals surface area contributed by atoms with Crippen LogP contribution in [0, 0.1) is 58.2 Å². The SMILES string of the molecule is C=C[C@H]1CN2CC[C@H]1C[C@@H]2[C@@H](O)c1cc(CC[C@@H](C)[C@H]2CC[C@H]3[C@@H]4CC[C@@H]5C[C@H](OC(C)=O)CC[C@]5(C)[C@H]4C[C@H](OC(C)=O)[C@]23C)nc2ccccc12. The quantitative estimate of drug-likeness (QED) is 0.204. The standard InChI is InChI=1S/C46H64N2O5/c1-7-30-26-48-21-19-31(30)22-42(48)44(51)37-24-33(47-41-11-9-8-10-35(37)41)14-12-27(2)38-16-17-39-36-15-13-32-23-34(52-28(3)49)18-20-45(32,5)40(36)25-43(46(38,39)6)53-29(4)50/h7-11,24,27,30-32,34,36,38-40,42-44,51H,1,12-23,25-26H2,2-6H3/t27-,30+,31+,32-,34-,36+,38-,39+,40+,42-,43+,44+,45+,46-/m1/s1. The van der Waals surface area contributed by atoms with Gasteiger partial charge in [-0.25, -0.2) is 0 Å². The van der Waals surface area contributed by atoms with Gasteiger partial charge in [0, 0.05) is 42.9 Å². The summed E-state index contributed by atoms with van der Waals surface area (Å²) in [5.74, 6) is 4.00. The molecule has 1 aromatic heterocycles. The summed E-state index contributed by atoms with van der Waals surface area (Å²) in [5, 5.41) is 13.1. The largest absolute Gasteiger partial charge is 0.463 e. The Bertz CT molecular complexity index is 1710.